The molecular formula is C22H24N2O6S. The van der Waals surface area contributed by atoms with Crippen LogP contribution < -0.4 is 9.47 Å². The standard InChI is InChI=1S/C22H24N2O6S/c1-5-24-20(26)19(18(25)16-12-15(28-2)10-11-17(16)29-3)31-22(24)23-14-8-6-13(7-9-14)21(27)30-4/h6-12,18-19,25H,5H2,1-4H3/t18-,19-/m1/s1. The highest BCUT2D eigenvalue weighted by atomic mass is 32.2. The van der Waals surface area contributed by atoms with Gasteiger partial charge in [0.25, 0.3) is 0 Å². The maximum atomic E-state index is 13.0. The molecule has 2 aromatic carbocycles. The Morgan fingerprint density at radius 3 is 2.45 bits per heavy atom. The van der Waals surface area contributed by atoms with Crippen molar-refractivity contribution in [2.75, 3.05) is 27.9 Å². The van der Waals surface area contributed by atoms with Crippen LogP contribution >= 0.6 is 11.8 Å². The first-order chi connectivity index (χ1) is 14.9. The van der Waals surface area contributed by atoms with Crippen LogP contribution in [0.1, 0.15) is 28.9 Å². The minimum atomic E-state index is -1.12. The summed E-state index contributed by atoms with van der Waals surface area (Å²) in [5.41, 5.74) is 1.45. The van der Waals surface area contributed by atoms with Crippen LogP contribution in [0, 0.1) is 0 Å². The van der Waals surface area contributed by atoms with Gasteiger partial charge >= 0.3 is 5.97 Å². The fourth-order valence-corrected chi connectivity index (χ4v) is 4.42. The number of thioether (sulfide) groups is 1. The van der Waals surface area contributed by atoms with E-state index in [1.54, 1.807) is 42.5 Å². The number of nitrogens with zero attached hydrogens (tertiary/aromatic N) is 2. The van der Waals surface area contributed by atoms with Crippen molar-refractivity contribution in [1.82, 2.24) is 4.90 Å². The predicted molar refractivity (Wildman–Crippen MR) is 118 cm³/mol. The molecule has 0 radical (unpaired) electrons. The molecule has 31 heavy (non-hydrogen) atoms. The fourth-order valence-electron chi connectivity index (χ4n) is 3.19. The lowest BCUT2D eigenvalue weighted by Gasteiger charge is -2.19. The lowest BCUT2D eigenvalue weighted by Crippen LogP contribution is -2.34. The summed E-state index contributed by atoms with van der Waals surface area (Å²) in [6, 6.07) is 11.6. The first-order valence-electron chi connectivity index (χ1n) is 9.58. The highest BCUT2D eigenvalue weighted by Crippen LogP contribution is 2.40. The van der Waals surface area contributed by atoms with E-state index in [9.17, 15) is 14.7 Å². The van der Waals surface area contributed by atoms with E-state index in [1.807, 2.05) is 6.92 Å². The van der Waals surface area contributed by atoms with E-state index in [0.29, 0.717) is 40.0 Å². The average Bonchev–Trinajstić information content (AvgIpc) is 3.12. The van der Waals surface area contributed by atoms with Crippen LogP contribution in [0.15, 0.2) is 47.5 Å². The normalized spacial score (nSPS) is 18.2. The Morgan fingerprint density at radius 2 is 1.87 bits per heavy atom. The van der Waals surface area contributed by atoms with Crippen LogP contribution in [-0.4, -0.2) is 60.2 Å². The van der Waals surface area contributed by atoms with Gasteiger partial charge in [0.15, 0.2) is 5.17 Å². The number of ether oxygens (including phenoxy) is 3. The number of esters is 1. The van der Waals surface area contributed by atoms with Crippen molar-refractivity contribution in [3.63, 3.8) is 0 Å². The van der Waals surface area contributed by atoms with Crippen LogP contribution in [0.3, 0.4) is 0 Å². The third kappa shape index (κ3) is 4.67. The summed E-state index contributed by atoms with van der Waals surface area (Å²) in [7, 11) is 4.35. The molecule has 1 aliphatic rings. The third-order valence-electron chi connectivity index (χ3n) is 4.84. The Morgan fingerprint density at radius 1 is 1.16 bits per heavy atom. The molecule has 0 bridgehead atoms. The third-order valence-corrected chi connectivity index (χ3v) is 6.08. The van der Waals surface area contributed by atoms with Crippen molar-refractivity contribution < 1.29 is 28.9 Å². The maximum Gasteiger partial charge on any atom is 0.337 e. The Kier molecular flexibility index (Phi) is 7.19. The summed E-state index contributed by atoms with van der Waals surface area (Å²) in [5.74, 6) is 0.343. The molecule has 1 fully saturated rings. The second kappa shape index (κ2) is 9.84. The number of carbonyl (C=O) groups excluding carboxylic acids is 2. The van der Waals surface area contributed by atoms with Gasteiger partial charge in [-0.2, -0.15) is 0 Å². The minimum Gasteiger partial charge on any atom is -0.497 e. The number of amidine groups is 1. The maximum absolute atomic E-state index is 13.0. The van der Waals surface area contributed by atoms with Crippen molar-refractivity contribution in [3.8, 4) is 11.5 Å². The van der Waals surface area contributed by atoms with E-state index in [-0.39, 0.29) is 5.91 Å². The van der Waals surface area contributed by atoms with Crippen molar-refractivity contribution in [3.05, 3.63) is 53.6 Å². The molecule has 1 aliphatic heterocycles. The van der Waals surface area contributed by atoms with E-state index in [1.165, 1.54) is 38.0 Å². The van der Waals surface area contributed by atoms with Gasteiger partial charge in [-0.15, -0.1) is 0 Å². The zero-order chi connectivity index (χ0) is 22.5. The van der Waals surface area contributed by atoms with E-state index >= 15 is 0 Å². The van der Waals surface area contributed by atoms with Crippen LogP contribution in [0.2, 0.25) is 0 Å². The average molecular weight is 445 g/mol. The van der Waals surface area contributed by atoms with Gasteiger partial charge < -0.3 is 19.3 Å². The number of hydrogen-bond acceptors (Lipinski definition) is 8. The van der Waals surface area contributed by atoms with E-state index in [4.69, 9.17) is 14.2 Å². The first-order valence-corrected chi connectivity index (χ1v) is 10.5. The number of amides is 1. The fraction of sp³-hybridized carbons (Fsp3) is 0.318. The zero-order valence-electron chi connectivity index (χ0n) is 17.7. The summed E-state index contributed by atoms with van der Waals surface area (Å²) in [5, 5.41) is 10.7. The number of benzene rings is 2. The van der Waals surface area contributed by atoms with Crippen molar-refractivity contribution >= 4 is 34.5 Å². The summed E-state index contributed by atoms with van der Waals surface area (Å²) in [6.45, 7) is 2.25. The van der Waals surface area contributed by atoms with Gasteiger partial charge in [0.05, 0.1) is 32.6 Å². The first kappa shape index (κ1) is 22.6. The van der Waals surface area contributed by atoms with Gasteiger partial charge in [-0.05, 0) is 49.4 Å². The van der Waals surface area contributed by atoms with Gasteiger partial charge in [0.2, 0.25) is 5.91 Å². The smallest absolute Gasteiger partial charge is 0.337 e. The molecule has 8 nitrogen and oxygen atoms in total. The molecule has 0 unspecified atom stereocenters. The van der Waals surface area contributed by atoms with Crippen LogP contribution in [0.4, 0.5) is 5.69 Å². The number of aliphatic hydroxyl groups excluding tert-OH is 1. The Hall–Kier alpha value is -3.04. The van der Waals surface area contributed by atoms with E-state index in [0.717, 1.165) is 0 Å². The zero-order valence-corrected chi connectivity index (χ0v) is 18.5. The van der Waals surface area contributed by atoms with Crippen molar-refractivity contribution in [1.29, 1.82) is 0 Å². The number of aliphatic hydroxyl groups is 1. The number of hydrogen-bond donors (Lipinski definition) is 1. The van der Waals surface area contributed by atoms with Crippen molar-refractivity contribution in [2.45, 2.75) is 18.3 Å². The largest absolute Gasteiger partial charge is 0.497 e. The molecule has 1 N–H and O–H groups in total. The molecule has 9 heteroatoms. The van der Waals surface area contributed by atoms with Gasteiger partial charge in [0.1, 0.15) is 22.9 Å². The lowest BCUT2D eigenvalue weighted by atomic mass is 10.0. The van der Waals surface area contributed by atoms with Gasteiger partial charge in [-0.25, -0.2) is 9.79 Å². The number of rotatable bonds is 7. The predicted octanol–water partition coefficient (Wildman–Crippen LogP) is 3.18. The lowest BCUT2D eigenvalue weighted by molar-refractivity contribution is -0.127. The van der Waals surface area contributed by atoms with E-state index < -0.39 is 17.3 Å². The molecule has 2 atom stereocenters. The van der Waals surface area contributed by atoms with Crippen LogP contribution in [0.5, 0.6) is 11.5 Å². The molecule has 0 saturated carbocycles. The molecule has 164 valence electrons. The Bertz CT molecular complexity index is 992. The van der Waals surface area contributed by atoms with Gasteiger partial charge in [-0.1, -0.05) is 11.8 Å². The SMILES string of the molecule is CCN1C(=O)[C@@H]([C@H](O)c2cc(OC)ccc2OC)SC1=Nc1ccc(C(=O)OC)cc1. The monoisotopic (exact) mass is 444 g/mol. The van der Waals surface area contributed by atoms with Crippen LogP contribution in [0.25, 0.3) is 0 Å². The summed E-state index contributed by atoms with van der Waals surface area (Å²) < 4.78 is 15.3. The molecule has 2 aromatic rings. The molecule has 1 heterocycles. The summed E-state index contributed by atoms with van der Waals surface area (Å²) in [4.78, 5) is 30.7. The molecule has 3 rings (SSSR count). The van der Waals surface area contributed by atoms with Gasteiger partial charge in [0, 0.05) is 12.1 Å². The molecule has 0 aromatic heterocycles. The van der Waals surface area contributed by atoms with E-state index in [2.05, 4.69) is 4.99 Å². The summed E-state index contributed by atoms with van der Waals surface area (Å²) in [6.07, 6.45) is -1.12. The Balaban J connectivity index is 1.89. The Labute approximate surface area is 184 Å². The number of aliphatic imine (C=N–C) groups is 1. The number of carbonyl (C=O) groups is 2. The highest BCUT2D eigenvalue weighted by molar-refractivity contribution is 8.15. The van der Waals surface area contributed by atoms with Crippen molar-refractivity contribution in [2.24, 2.45) is 4.99 Å². The molecule has 0 aliphatic carbocycles. The minimum absolute atomic E-state index is 0.241. The van der Waals surface area contributed by atoms with Crippen LogP contribution in [-0.2, 0) is 9.53 Å². The topological polar surface area (TPSA) is 97.7 Å². The second-order valence-corrected chi connectivity index (χ2v) is 7.72. The molecule has 0 spiro atoms. The van der Waals surface area contributed by atoms with Gasteiger partial charge in [-0.3, -0.25) is 9.69 Å². The summed E-state index contributed by atoms with van der Waals surface area (Å²) >= 11 is 1.19. The highest BCUT2D eigenvalue weighted by Gasteiger charge is 2.42. The quantitative estimate of drug-likeness (QED) is 0.655. The molecule has 1 amide bonds. The number of methoxy groups -OCH3 is 3. The molecule has 1 saturated heterocycles. The second-order valence-electron chi connectivity index (χ2n) is 6.61. The molecular weight excluding hydrogens is 420 g/mol.